The minimum atomic E-state index is -0.147. The lowest BCUT2D eigenvalue weighted by Crippen LogP contribution is -2.52. The summed E-state index contributed by atoms with van der Waals surface area (Å²) >= 11 is 0. The van der Waals surface area contributed by atoms with E-state index >= 15 is 0 Å². The van der Waals surface area contributed by atoms with Gasteiger partial charge in [-0.15, -0.1) is 0 Å². The summed E-state index contributed by atoms with van der Waals surface area (Å²) in [5.74, 6) is 0. The van der Waals surface area contributed by atoms with Crippen molar-refractivity contribution < 1.29 is 9.90 Å². The van der Waals surface area contributed by atoms with Crippen LogP contribution < -0.4 is 10.6 Å². The van der Waals surface area contributed by atoms with Crippen molar-refractivity contribution in [3.05, 3.63) is 0 Å². The summed E-state index contributed by atoms with van der Waals surface area (Å²) in [5, 5.41) is 14.9. The van der Waals surface area contributed by atoms with E-state index in [-0.39, 0.29) is 30.1 Å². The van der Waals surface area contributed by atoms with Gasteiger partial charge in [-0.2, -0.15) is 0 Å². The molecule has 0 aliphatic heterocycles. The molecule has 1 rings (SSSR count). The molecular formula is C13H26N2O2. The number of rotatable bonds is 4. The number of aliphatic hydroxyl groups excluding tert-OH is 1. The Bertz CT molecular complexity index is 250. The lowest BCUT2D eigenvalue weighted by molar-refractivity contribution is 0.161. The zero-order chi connectivity index (χ0) is 12.9. The highest BCUT2D eigenvalue weighted by Crippen LogP contribution is 2.35. The number of carbonyl (C=O) groups excluding carboxylic acids is 1. The van der Waals surface area contributed by atoms with Gasteiger partial charge in [0.2, 0.25) is 0 Å². The smallest absolute Gasteiger partial charge is 0.315 e. The Hall–Kier alpha value is -0.770. The molecule has 1 fully saturated rings. The Morgan fingerprint density at radius 2 is 2.18 bits per heavy atom. The SMILES string of the molecule is CCC(CO)NC(=O)NC1CCCCC1(C)C. The quantitative estimate of drug-likeness (QED) is 0.706. The van der Waals surface area contributed by atoms with Gasteiger partial charge in [0.1, 0.15) is 0 Å². The number of amides is 2. The third-order valence-corrected chi connectivity index (χ3v) is 3.86. The third-order valence-electron chi connectivity index (χ3n) is 3.86. The van der Waals surface area contributed by atoms with Crippen molar-refractivity contribution in [1.29, 1.82) is 0 Å². The van der Waals surface area contributed by atoms with Crippen molar-refractivity contribution in [2.75, 3.05) is 6.61 Å². The second-order valence-electron chi connectivity index (χ2n) is 5.69. The molecule has 2 unspecified atom stereocenters. The van der Waals surface area contributed by atoms with Crippen molar-refractivity contribution in [3.63, 3.8) is 0 Å². The van der Waals surface area contributed by atoms with E-state index in [0.29, 0.717) is 0 Å². The van der Waals surface area contributed by atoms with Crippen molar-refractivity contribution in [1.82, 2.24) is 10.6 Å². The van der Waals surface area contributed by atoms with E-state index in [1.165, 1.54) is 12.8 Å². The van der Waals surface area contributed by atoms with Crippen LogP contribution in [0.1, 0.15) is 52.9 Å². The first kappa shape index (κ1) is 14.3. The number of hydrogen-bond donors (Lipinski definition) is 3. The molecule has 17 heavy (non-hydrogen) atoms. The molecule has 1 saturated carbocycles. The minimum absolute atomic E-state index is 0.00200. The van der Waals surface area contributed by atoms with Crippen molar-refractivity contribution in [2.24, 2.45) is 5.41 Å². The number of nitrogens with one attached hydrogen (secondary N) is 2. The van der Waals surface area contributed by atoms with Gasteiger partial charge in [-0.3, -0.25) is 0 Å². The molecule has 0 aromatic heterocycles. The fourth-order valence-electron chi connectivity index (χ4n) is 2.42. The molecule has 0 saturated heterocycles. The van der Waals surface area contributed by atoms with E-state index in [1.54, 1.807) is 0 Å². The largest absolute Gasteiger partial charge is 0.394 e. The van der Waals surface area contributed by atoms with Gasteiger partial charge >= 0.3 is 6.03 Å². The molecule has 4 nitrogen and oxygen atoms in total. The molecule has 0 aromatic carbocycles. The first-order valence-electron chi connectivity index (χ1n) is 6.67. The van der Waals surface area contributed by atoms with Crippen LogP contribution in [0.3, 0.4) is 0 Å². The van der Waals surface area contributed by atoms with Crippen LogP contribution in [-0.2, 0) is 0 Å². The molecule has 0 heterocycles. The standard InChI is InChI=1S/C13H26N2O2/c1-4-10(9-16)14-12(17)15-11-7-5-6-8-13(11,2)3/h10-11,16H,4-9H2,1-3H3,(H2,14,15,17). The average molecular weight is 242 g/mol. The number of urea groups is 1. The van der Waals surface area contributed by atoms with Crippen LogP contribution in [0.15, 0.2) is 0 Å². The Morgan fingerprint density at radius 1 is 1.47 bits per heavy atom. The molecular weight excluding hydrogens is 216 g/mol. The Morgan fingerprint density at radius 3 is 2.71 bits per heavy atom. The normalized spacial score (nSPS) is 25.1. The van der Waals surface area contributed by atoms with Gasteiger partial charge in [0, 0.05) is 6.04 Å². The molecule has 2 atom stereocenters. The molecule has 2 amide bonds. The molecule has 100 valence electrons. The summed E-state index contributed by atoms with van der Waals surface area (Å²) in [4.78, 5) is 11.8. The monoisotopic (exact) mass is 242 g/mol. The van der Waals surface area contributed by atoms with Gasteiger partial charge in [0.05, 0.1) is 12.6 Å². The summed E-state index contributed by atoms with van der Waals surface area (Å²) in [6, 6.07) is -0.0416. The van der Waals surface area contributed by atoms with Crippen LogP contribution in [-0.4, -0.2) is 29.8 Å². The summed E-state index contributed by atoms with van der Waals surface area (Å²) in [6.45, 7) is 6.37. The van der Waals surface area contributed by atoms with Crippen LogP contribution in [0.4, 0.5) is 4.79 Å². The predicted molar refractivity (Wildman–Crippen MR) is 68.9 cm³/mol. The zero-order valence-electron chi connectivity index (χ0n) is 11.3. The highest BCUT2D eigenvalue weighted by Gasteiger charge is 2.33. The fourth-order valence-corrected chi connectivity index (χ4v) is 2.42. The highest BCUT2D eigenvalue weighted by atomic mass is 16.3. The van der Waals surface area contributed by atoms with Crippen LogP contribution in [0.25, 0.3) is 0 Å². The fraction of sp³-hybridized carbons (Fsp3) is 0.923. The van der Waals surface area contributed by atoms with Crippen LogP contribution in [0.5, 0.6) is 0 Å². The molecule has 0 spiro atoms. The predicted octanol–water partition coefficient (Wildman–Crippen LogP) is 2.03. The second kappa shape index (κ2) is 6.24. The maximum Gasteiger partial charge on any atom is 0.315 e. The number of hydrogen-bond acceptors (Lipinski definition) is 2. The van der Waals surface area contributed by atoms with Gasteiger partial charge in [-0.05, 0) is 24.7 Å². The van der Waals surface area contributed by atoms with E-state index in [4.69, 9.17) is 5.11 Å². The Balaban J connectivity index is 2.44. The first-order valence-corrected chi connectivity index (χ1v) is 6.67. The minimum Gasteiger partial charge on any atom is -0.394 e. The third kappa shape index (κ3) is 4.19. The molecule has 1 aliphatic carbocycles. The lowest BCUT2D eigenvalue weighted by atomic mass is 9.73. The topological polar surface area (TPSA) is 61.4 Å². The maximum atomic E-state index is 11.8. The lowest BCUT2D eigenvalue weighted by Gasteiger charge is -2.39. The van der Waals surface area contributed by atoms with Gasteiger partial charge < -0.3 is 15.7 Å². The number of carbonyl (C=O) groups is 1. The van der Waals surface area contributed by atoms with Gasteiger partial charge in [0.25, 0.3) is 0 Å². The van der Waals surface area contributed by atoms with E-state index in [2.05, 4.69) is 24.5 Å². The van der Waals surface area contributed by atoms with Gasteiger partial charge in [-0.1, -0.05) is 33.6 Å². The van der Waals surface area contributed by atoms with Gasteiger partial charge in [0.15, 0.2) is 0 Å². The van der Waals surface area contributed by atoms with E-state index in [1.807, 2.05) is 6.92 Å². The molecule has 3 N–H and O–H groups in total. The van der Waals surface area contributed by atoms with Crippen LogP contribution in [0.2, 0.25) is 0 Å². The molecule has 1 aliphatic rings. The van der Waals surface area contributed by atoms with E-state index in [9.17, 15) is 4.79 Å². The molecule has 4 heteroatoms. The molecule has 0 radical (unpaired) electrons. The van der Waals surface area contributed by atoms with E-state index < -0.39 is 0 Å². The van der Waals surface area contributed by atoms with Crippen molar-refractivity contribution in [3.8, 4) is 0 Å². The summed E-state index contributed by atoms with van der Waals surface area (Å²) in [7, 11) is 0. The summed E-state index contributed by atoms with van der Waals surface area (Å²) < 4.78 is 0. The summed E-state index contributed by atoms with van der Waals surface area (Å²) in [5.41, 5.74) is 0.177. The second-order valence-corrected chi connectivity index (χ2v) is 5.69. The number of aliphatic hydroxyl groups is 1. The first-order chi connectivity index (χ1) is 7.99. The van der Waals surface area contributed by atoms with Crippen LogP contribution >= 0.6 is 0 Å². The average Bonchev–Trinajstić information content (AvgIpc) is 2.28. The van der Waals surface area contributed by atoms with Crippen molar-refractivity contribution in [2.45, 2.75) is 65.0 Å². The molecule has 0 aromatic rings. The van der Waals surface area contributed by atoms with Crippen LogP contribution in [0, 0.1) is 5.41 Å². The van der Waals surface area contributed by atoms with E-state index in [0.717, 1.165) is 19.3 Å². The highest BCUT2D eigenvalue weighted by molar-refractivity contribution is 5.74. The van der Waals surface area contributed by atoms with Crippen molar-refractivity contribution >= 4 is 6.03 Å². The Kier molecular flexibility index (Phi) is 5.25. The summed E-state index contributed by atoms with van der Waals surface area (Å²) in [6.07, 6.45) is 5.40. The van der Waals surface area contributed by atoms with Gasteiger partial charge in [-0.25, -0.2) is 4.79 Å². The Labute approximate surface area is 104 Å². The maximum absolute atomic E-state index is 11.8. The zero-order valence-corrected chi connectivity index (χ0v) is 11.3. The molecule has 0 bridgehead atoms.